The van der Waals surface area contributed by atoms with Crippen LogP contribution >= 0.6 is 54.8 Å². The Bertz CT molecular complexity index is 525. The Morgan fingerprint density at radius 1 is 1.29 bits per heavy atom. The third-order valence-corrected chi connectivity index (χ3v) is 5.66. The molecule has 0 aliphatic rings. The van der Waals surface area contributed by atoms with Gasteiger partial charge in [-0.2, -0.15) is 0 Å². The molecule has 0 aliphatic carbocycles. The lowest BCUT2D eigenvalue weighted by Crippen LogP contribution is -1.98. The van der Waals surface area contributed by atoms with Crippen molar-refractivity contribution in [3.05, 3.63) is 48.2 Å². The van der Waals surface area contributed by atoms with Crippen molar-refractivity contribution in [1.29, 1.82) is 0 Å². The van der Waals surface area contributed by atoms with Crippen LogP contribution in [0.4, 0.5) is 10.1 Å². The van der Waals surface area contributed by atoms with Crippen molar-refractivity contribution in [2.24, 2.45) is 0 Å². The summed E-state index contributed by atoms with van der Waals surface area (Å²) in [4.78, 5) is 1.13. The number of hydrogen-bond acceptors (Lipinski definition) is 2. The SMILES string of the molecule is Fc1ccc(Cl)c(NCc2cc(Br)c(Br)s2)c1. The lowest BCUT2D eigenvalue weighted by atomic mass is 10.3. The summed E-state index contributed by atoms with van der Waals surface area (Å²) in [6.07, 6.45) is 0. The minimum Gasteiger partial charge on any atom is -0.379 e. The molecule has 1 N–H and O–H groups in total. The summed E-state index contributed by atoms with van der Waals surface area (Å²) >= 11 is 14.4. The van der Waals surface area contributed by atoms with E-state index in [9.17, 15) is 4.39 Å². The summed E-state index contributed by atoms with van der Waals surface area (Å²) in [5.74, 6) is -0.301. The van der Waals surface area contributed by atoms with Gasteiger partial charge in [0.2, 0.25) is 0 Å². The lowest BCUT2D eigenvalue weighted by Gasteiger charge is -2.06. The second kappa shape index (κ2) is 5.69. The zero-order valence-corrected chi connectivity index (χ0v) is 13.2. The fourth-order valence-corrected chi connectivity index (χ4v) is 3.59. The zero-order chi connectivity index (χ0) is 12.4. The Kier molecular flexibility index (Phi) is 4.47. The standard InChI is InChI=1S/C11H7Br2ClFNS/c12-8-4-7(17-11(8)13)5-16-10-3-6(15)1-2-9(10)14/h1-4,16H,5H2. The molecule has 1 aromatic heterocycles. The van der Waals surface area contributed by atoms with Gasteiger partial charge in [-0.3, -0.25) is 0 Å². The molecule has 0 saturated heterocycles. The van der Waals surface area contributed by atoms with Crippen LogP contribution in [0, 0.1) is 5.82 Å². The average molecular weight is 400 g/mol. The number of thiophene rings is 1. The average Bonchev–Trinajstić information content (AvgIpc) is 2.60. The van der Waals surface area contributed by atoms with Crippen molar-refractivity contribution < 1.29 is 4.39 Å². The fourth-order valence-electron chi connectivity index (χ4n) is 1.29. The molecule has 1 heterocycles. The van der Waals surface area contributed by atoms with Crippen LogP contribution in [0.3, 0.4) is 0 Å². The molecule has 0 fully saturated rings. The van der Waals surface area contributed by atoms with Gasteiger partial charge < -0.3 is 5.32 Å². The molecule has 2 aromatic rings. The van der Waals surface area contributed by atoms with Crippen LogP contribution in [-0.2, 0) is 6.54 Å². The Labute approximate surface area is 124 Å². The highest BCUT2D eigenvalue weighted by Crippen LogP contribution is 2.33. The van der Waals surface area contributed by atoms with Crippen LogP contribution in [-0.4, -0.2) is 0 Å². The first-order valence-electron chi connectivity index (χ1n) is 4.69. The molecule has 1 nitrogen and oxygen atoms in total. The number of anilines is 1. The molecule has 90 valence electrons. The first-order valence-corrected chi connectivity index (χ1v) is 7.47. The highest BCUT2D eigenvalue weighted by atomic mass is 79.9. The van der Waals surface area contributed by atoms with Crippen LogP contribution in [0.15, 0.2) is 32.5 Å². The van der Waals surface area contributed by atoms with Crippen molar-refractivity contribution in [3.63, 3.8) is 0 Å². The van der Waals surface area contributed by atoms with Crippen LogP contribution in [0.25, 0.3) is 0 Å². The third kappa shape index (κ3) is 3.44. The van der Waals surface area contributed by atoms with E-state index in [2.05, 4.69) is 37.2 Å². The van der Waals surface area contributed by atoms with Crippen molar-refractivity contribution in [1.82, 2.24) is 0 Å². The number of rotatable bonds is 3. The zero-order valence-electron chi connectivity index (χ0n) is 8.44. The quantitative estimate of drug-likeness (QED) is 0.700. The summed E-state index contributed by atoms with van der Waals surface area (Å²) in [6.45, 7) is 0.609. The van der Waals surface area contributed by atoms with Gasteiger partial charge in [-0.25, -0.2) is 4.39 Å². The van der Waals surface area contributed by atoms with E-state index in [1.54, 1.807) is 17.4 Å². The van der Waals surface area contributed by atoms with Gasteiger partial charge in [-0.1, -0.05) is 11.6 Å². The summed E-state index contributed by atoms with van der Waals surface area (Å²) in [5.41, 5.74) is 0.604. The summed E-state index contributed by atoms with van der Waals surface area (Å²) in [7, 11) is 0. The maximum absolute atomic E-state index is 13.0. The predicted octanol–water partition coefficient (Wildman–Crippen LogP) is 5.68. The van der Waals surface area contributed by atoms with E-state index >= 15 is 0 Å². The lowest BCUT2D eigenvalue weighted by molar-refractivity contribution is 0.628. The molecule has 0 bridgehead atoms. The Hall–Kier alpha value is -0.100. The second-order valence-corrected chi connectivity index (χ2v) is 7.03. The van der Waals surface area contributed by atoms with Crippen LogP contribution in [0.5, 0.6) is 0 Å². The number of benzene rings is 1. The van der Waals surface area contributed by atoms with Crippen molar-refractivity contribution in [3.8, 4) is 0 Å². The van der Waals surface area contributed by atoms with Crippen molar-refractivity contribution in [2.45, 2.75) is 6.54 Å². The predicted molar refractivity (Wildman–Crippen MR) is 78.5 cm³/mol. The van der Waals surface area contributed by atoms with E-state index in [0.29, 0.717) is 17.3 Å². The second-order valence-electron chi connectivity index (χ2n) is 3.31. The van der Waals surface area contributed by atoms with E-state index in [-0.39, 0.29) is 5.82 Å². The van der Waals surface area contributed by atoms with Gasteiger partial charge >= 0.3 is 0 Å². The van der Waals surface area contributed by atoms with Gasteiger partial charge in [0, 0.05) is 15.9 Å². The smallest absolute Gasteiger partial charge is 0.125 e. The minimum atomic E-state index is -0.301. The van der Waals surface area contributed by atoms with Crippen LogP contribution < -0.4 is 5.32 Å². The third-order valence-electron chi connectivity index (χ3n) is 2.08. The van der Waals surface area contributed by atoms with E-state index in [1.165, 1.54) is 12.1 Å². The minimum absolute atomic E-state index is 0.301. The normalized spacial score (nSPS) is 10.6. The molecule has 6 heteroatoms. The molecule has 0 atom stereocenters. The van der Waals surface area contributed by atoms with E-state index < -0.39 is 0 Å². The molecular formula is C11H7Br2ClFNS. The van der Waals surface area contributed by atoms with Gasteiger partial charge in [-0.15, -0.1) is 11.3 Å². The fraction of sp³-hybridized carbons (Fsp3) is 0.0909. The van der Waals surface area contributed by atoms with Crippen LogP contribution in [0.1, 0.15) is 4.88 Å². The molecule has 0 radical (unpaired) electrons. The first kappa shape index (κ1) is 13.3. The first-order chi connectivity index (χ1) is 8.06. The van der Waals surface area contributed by atoms with Gasteiger partial charge in [-0.05, 0) is 56.1 Å². The summed E-state index contributed by atoms with van der Waals surface area (Å²) in [5, 5.41) is 3.62. The molecule has 0 unspecified atom stereocenters. The Morgan fingerprint density at radius 3 is 2.71 bits per heavy atom. The largest absolute Gasteiger partial charge is 0.379 e. The van der Waals surface area contributed by atoms with E-state index in [4.69, 9.17) is 11.6 Å². The van der Waals surface area contributed by atoms with Gasteiger partial charge in [0.15, 0.2) is 0 Å². The molecule has 0 amide bonds. The molecule has 2 rings (SSSR count). The molecule has 0 aliphatic heterocycles. The molecule has 17 heavy (non-hydrogen) atoms. The summed E-state index contributed by atoms with van der Waals surface area (Å²) < 4.78 is 15.1. The summed E-state index contributed by atoms with van der Waals surface area (Å²) in [6, 6.07) is 6.28. The molecule has 0 spiro atoms. The number of hydrogen-bond donors (Lipinski definition) is 1. The maximum Gasteiger partial charge on any atom is 0.125 e. The van der Waals surface area contributed by atoms with E-state index in [0.717, 1.165) is 13.1 Å². The Morgan fingerprint density at radius 2 is 2.06 bits per heavy atom. The monoisotopic (exact) mass is 397 g/mol. The Balaban J connectivity index is 2.09. The topological polar surface area (TPSA) is 12.0 Å². The number of halogens is 4. The van der Waals surface area contributed by atoms with Crippen molar-refractivity contribution in [2.75, 3.05) is 5.32 Å². The van der Waals surface area contributed by atoms with Gasteiger partial charge in [0.25, 0.3) is 0 Å². The van der Waals surface area contributed by atoms with Gasteiger partial charge in [0.05, 0.1) is 14.5 Å². The van der Waals surface area contributed by atoms with E-state index in [1.807, 2.05) is 6.07 Å². The van der Waals surface area contributed by atoms with Gasteiger partial charge in [0.1, 0.15) is 5.82 Å². The van der Waals surface area contributed by atoms with Crippen LogP contribution in [0.2, 0.25) is 5.02 Å². The molecule has 1 aromatic carbocycles. The van der Waals surface area contributed by atoms with Crippen molar-refractivity contribution >= 4 is 60.5 Å². The highest BCUT2D eigenvalue weighted by Gasteiger charge is 2.06. The number of nitrogens with one attached hydrogen (secondary N) is 1. The molecule has 0 saturated carbocycles. The maximum atomic E-state index is 13.0. The molecular weight excluding hydrogens is 392 g/mol. The highest BCUT2D eigenvalue weighted by molar-refractivity contribution is 9.13.